The zero-order valence-electron chi connectivity index (χ0n) is 15.5. The van der Waals surface area contributed by atoms with Crippen molar-refractivity contribution in [2.45, 2.75) is 19.4 Å². The van der Waals surface area contributed by atoms with Crippen molar-refractivity contribution >= 4 is 27.2 Å². The van der Waals surface area contributed by atoms with E-state index in [1.807, 2.05) is 19.9 Å². The second kappa shape index (κ2) is 5.70. The molecule has 27 heavy (non-hydrogen) atoms. The highest BCUT2D eigenvalue weighted by Crippen LogP contribution is 2.41. The second-order valence-electron chi connectivity index (χ2n) is 7.62. The average Bonchev–Trinajstić information content (AvgIpc) is 3.06. The minimum absolute atomic E-state index is 0.920. The molecule has 0 spiro atoms. The zero-order valence-corrected chi connectivity index (χ0v) is 15.5. The fraction of sp³-hybridized carbons (Fsp3) is 0.120. The van der Waals surface area contributed by atoms with Crippen LogP contribution in [-0.4, -0.2) is 9.51 Å². The smallest absolute Gasteiger partial charge is 0.0999 e. The van der Waals surface area contributed by atoms with E-state index in [4.69, 9.17) is 0 Å². The van der Waals surface area contributed by atoms with Gasteiger partial charge in [-0.15, -0.1) is 0 Å². The Kier molecular flexibility index (Phi) is 3.40. The number of aromatic nitrogens is 1. The molecule has 5 rings (SSSR count). The zero-order chi connectivity index (χ0) is 18.6. The van der Waals surface area contributed by atoms with E-state index in [1.165, 1.54) is 10.8 Å². The molecular weight excluding hydrogens is 330 g/mol. The lowest BCUT2D eigenvalue weighted by atomic mass is 9.90. The molecule has 132 valence electrons. The minimum Gasteiger partial charge on any atom is -0.384 e. The summed E-state index contributed by atoms with van der Waals surface area (Å²) >= 11 is 0. The molecule has 0 unspecified atom stereocenters. The summed E-state index contributed by atoms with van der Waals surface area (Å²) in [5.41, 5.74) is 4.37. The number of aliphatic hydroxyl groups is 1. The van der Waals surface area contributed by atoms with Gasteiger partial charge in [0.25, 0.3) is 0 Å². The van der Waals surface area contributed by atoms with E-state index < -0.39 is 5.60 Å². The van der Waals surface area contributed by atoms with Gasteiger partial charge in [0.05, 0.1) is 22.3 Å². The predicted octanol–water partition coefficient (Wildman–Crippen LogP) is 6.14. The monoisotopic (exact) mass is 351 g/mol. The van der Waals surface area contributed by atoms with Crippen LogP contribution in [0.3, 0.4) is 0 Å². The summed E-state index contributed by atoms with van der Waals surface area (Å²) in [7, 11) is 0. The molecule has 1 N–H and O–H groups in total. The summed E-state index contributed by atoms with van der Waals surface area (Å²) in [6.07, 6.45) is 0. The summed E-state index contributed by atoms with van der Waals surface area (Å²) in [6.45, 7) is 3.75. The fourth-order valence-corrected chi connectivity index (χ4v) is 4.23. The van der Waals surface area contributed by atoms with Crippen LogP contribution in [0.5, 0.6) is 0 Å². The Morgan fingerprint density at radius 2 is 1.33 bits per heavy atom. The molecule has 0 fully saturated rings. The van der Waals surface area contributed by atoms with Gasteiger partial charge in [-0.2, -0.15) is 0 Å². The highest BCUT2D eigenvalue weighted by molar-refractivity contribution is 6.09. The standard InChI is InChI=1S/C25H21NO/c1-25(2,27)24-23(17-10-4-3-5-11-17)20-14-8-7-13-19(20)22-16-18-12-6-9-15-21(18)26(22)24/h3-16,27H,1-2H3. The number of fused-ring (bicyclic) bond motifs is 5. The first-order valence-corrected chi connectivity index (χ1v) is 9.29. The van der Waals surface area contributed by atoms with Crippen LogP contribution in [0.1, 0.15) is 19.5 Å². The summed E-state index contributed by atoms with van der Waals surface area (Å²) in [4.78, 5) is 0. The molecule has 0 saturated heterocycles. The molecule has 0 amide bonds. The van der Waals surface area contributed by atoms with Gasteiger partial charge in [-0.3, -0.25) is 0 Å². The Labute approximate surface area is 158 Å². The number of hydrogen-bond acceptors (Lipinski definition) is 1. The fourth-order valence-electron chi connectivity index (χ4n) is 4.23. The Morgan fingerprint density at radius 3 is 2.07 bits per heavy atom. The van der Waals surface area contributed by atoms with Gasteiger partial charge in [0.1, 0.15) is 0 Å². The van der Waals surface area contributed by atoms with E-state index >= 15 is 0 Å². The molecule has 0 aliphatic heterocycles. The van der Waals surface area contributed by atoms with Gasteiger partial charge in [0.2, 0.25) is 0 Å². The van der Waals surface area contributed by atoms with E-state index in [9.17, 15) is 5.11 Å². The topological polar surface area (TPSA) is 24.6 Å². The summed E-state index contributed by atoms with van der Waals surface area (Å²) in [5.74, 6) is 0. The van der Waals surface area contributed by atoms with Crippen molar-refractivity contribution in [3.05, 3.63) is 90.6 Å². The van der Waals surface area contributed by atoms with Gasteiger partial charge in [-0.05, 0) is 36.9 Å². The Balaban J connectivity index is 2.13. The number of nitrogens with zero attached hydrogens (tertiary/aromatic N) is 1. The van der Waals surface area contributed by atoms with Crippen molar-refractivity contribution in [3.8, 4) is 11.1 Å². The number of para-hydroxylation sites is 1. The van der Waals surface area contributed by atoms with Gasteiger partial charge < -0.3 is 9.51 Å². The third-order valence-corrected chi connectivity index (χ3v) is 5.29. The van der Waals surface area contributed by atoms with Crippen molar-refractivity contribution in [3.63, 3.8) is 0 Å². The molecule has 2 heteroatoms. The van der Waals surface area contributed by atoms with Crippen molar-refractivity contribution < 1.29 is 5.11 Å². The molecule has 0 atom stereocenters. The van der Waals surface area contributed by atoms with Gasteiger partial charge in [0.15, 0.2) is 0 Å². The number of hydrogen-bond donors (Lipinski definition) is 1. The SMILES string of the molecule is CC(C)(O)c1c(-c2ccccc2)c2ccccc2c2cc3ccccc3n12. The lowest BCUT2D eigenvalue weighted by Gasteiger charge is -2.26. The lowest BCUT2D eigenvalue weighted by molar-refractivity contribution is 0.0738. The summed E-state index contributed by atoms with van der Waals surface area (Å²) < 4.78 is 2.24. The molecule has 0 aliphatic rings. The van der Waals surface area contributed by atoms with Crippen LogP contribution in [-0.2, 0) is 5.60 Å². The average molecular weight is 351 g/mol. The molecule has 2 aromatic heterocycles. The molecule has 0 radical (unpaired) electrons. The minimum atomic E-state index is -1.00. The van der Waals surface area contributed by atoms with Gasteiger partial charge in [0, 0.05) is 16.3 Å². The summed E-state index contributed by atoms with van der Waals surface area (Å²) in [5, 5.41) is 14.8. The Hall–Kier alpha value is -3.10. The maximum atomic E-state index is 11.2. The number of benzene rings is 3. The van der Waals surface area contributed by atoms with E-state index in [-0.39, 0.29) is 0 Å². The van der Waals surface area contributed by atoms with Crippen LogP contribution in [0.4, 0.5) is 0 Å². The Morgan fingerprint density at radius 1 is 0.704 bits per heavy atom. The Bertz CT molecular complexity index is 1290. The molecule has 3 aromatic carbocycles. The predicted molar refractivity (Wildman–Crippen MR) is 113 cm³/mol. The third-order valence-electron chi connectivity index (χ3n) is 5.29. The maximum absolute atomic E-state index is 11.2. The van der Waals surface area contributed by atoms with E-state index in [0.29, 0.717) is 0 Å². The van der Waals surface area contributed by atoms with Gasteiger partial charge in [-0.25, -0.2) is 0 Å². The highest BCUT2D eigenvalue weighted by atomic mass is 16.3. The first-order valence-electron chi connectivity index (χ1n) is 9.29. The van der Waals surface area contributed by atoms with E-state index in [2.05, 4.69) is 83.3 Å². The molecule has 0 saturated carbocycles. The number of pyridine rings is 1. The van der Waals surface area contributed by atoms with Crippen molar-refractivity contribution in [2.24, 2.45) is 0 Å². The van der Waals surface area contributed by atoms with E-state index in [0.717, 1.165) is 33.2 Å². The van der Waals surface area contributed by atoms with Crippen LogP contribution in [0.25, 0.3) is 38.3 Å². The molecule has 5 aromatic rings. The molecule has 0 bridgehead atoms. The third kappa shape index (κ3) is 2.37. The quantitative estimate of drug-likeness (QED) is 0.406. The second-order valence-corrected chi connectivity index (χ2v) is 7.62. The molecule has 2 heterocycles. The van der Waals surface area contributed by atoms with E-state index in [1.54, 1.807) is 0 Å². The van der Waals surface area contributed by atoms with Crippen LogP contribution >= 0.6 is 0 Å². The summed E-state index contributed by atoms with van der Waals surface area (Å²) in [6, 6.07) is 29.5. The van der Waals surface area contributed by atoms with Crippen LogP contribution < -0.4 is 0 Å². The highest BCUT2D eigenvalue weighted by Gasteiger charge is 2.27. The largest absolute Gasteiger partial charge is 0.384 e. The van der Waals surface area contributed by atoms with Gasteiger partial charge in [-0.1, -0.05) is 72.8 Å². The van der Waals surface area contributed by atoms with Crippen LogP contribution in [0, 0.1) is 0 Å². The van der Waals surface area contributed by atoms with Crippen molar-refractivity contribution in [1.29, 1.82) is 0 Å². The van der Waals surface area contributed by atoms with Crippen molar-refractivity contribution in [2.75, 3.05) is 0 Å². The van der Waals surface area contributed by atoms with Crippen molar-refractivity contribution in [1.82, 2.24) is 4.40 Å². The maximum Gasteiger partial charge on any atom is 0.0999 e. The molecular formula is C25H21NO. The first kappa shape index (κ1) is 16.1. The number of rotatable bonds is 2. The normalized spacial score (nSPS) is 12.3. The van der Waals surface area contributed by atoms with Gasteiger partial charge >= 0.3 is 0 Å². The lowest BCUT2D eigenvalue weighted by Crippen LogP contribution is -2.21. The first-order chi connectivity index (χ1) is 13.1. The molecule has 0 aliphatic carbocycles. The van der Waals surface area contributed by atoms with Crippen LogP contribution in [0.15, 0.2) is 84.9 Å². The van der Waals surface area contributed by atoms with Crippen LogP contribution in [0.2, 0.25) is 0 Å². The molecule has 2 nitrogen and oxygen atoms in total.